The van der Waals surface area contributed by atoms with Crippen molar-refractivity contribution in [2.24, 2.45) is 5.73 Å². The smallest absolute Gasteiger partial charge is 0.457 e. The number of phosphoric acid groups is 1. The second-order valence-corrected chi connectivity index (χ2v) is 19.9. The Morgan fingerprint density at radius 1 is 0.468 bits per heavy atom. The van der Waals surface area contributed by atoms with Crippen LogP contribution < -0.4 is 5.73 Å². The van der Waals surface area contributed by atoms with E-state index >= 15 is 0 Å². The van der Waals surface area contributed by atoms with Crippen molar-refractivity contribution in [1.29, 1.82) is 0 Å². The summed E-state index contributed by atoms with van der Waals surface area (Å²) in [5.41, 5.74) is 5.40. The molecule has 370 valence electrons. The van der Waals surface area contributed by atoms with Crippen LogP contribution in [0.1, 0.15) is 284 Å². The highest BCUT2D eigenvalue weighted by atomic mass is 31.2. The lowest BCUT2D eigenvalue weighted by atomic mass is 10.0. The molecule has 3 N–H and O–H groups in total. The van der Waals surface area contributed by atoms with E-state index in [1.54, 1.807) is 0 Å². The third-order valence-corrected chi connectivity index (χ3v) is 13.2. The summed E-state index contributed by atoms with van der Waals surface area (Å²) in [4.78, 5) is 22.6. The van der Waals surface area contributed by atoms with Gasteiger partial charge in [-0.25, -0.2) is 4.57 Å². The number of hydrogen-bond acceptors (Lipinski definition) is 7. The SMILES string of the molecule is CCCCCCCCCC/C=C\CCCCCCCCCCCC(=O)OC(COCCCCCCCCCCCCCCCCCCCCCCCC)COP(=O)(O)OCCN. The maximum atomic E-state index is 12.7. The number of unbranched alkanes of at least 4 members (excludes halogenated alkanes) is 38. The van der Waals surface area contributed by atoms with E-state index in [-0.39, 0.29) is 32.3 Å². The first kappa shape index (κ1) is 61.2. The molecule has 0 aliphatic rings. The topological polar surface area (TPSA) is 117 Å². The molecule has 0 spiro atoms. The minimum absolute atomic E-state index is 0.0920. The largest absolute Gasteiger partial charge is 0.472 e. The van der Waals surface area contributed by atoms with Gasteiger partial charge in [-0.2, -0.15) is 0 Å². The van der Waals surface area contributed by atoms with E-state index in [0.717, 1.165) is 32.1 Å². The van der Waals surface area contributed by atoms with Crippen molar-refractivity contribution in [1.82, 2.24) is 0 Å². The van der Waals surface area contributed by atoms with Gasteiger partial charge < -0.3 is 20.1 Å². The van der Waals surface area contributed by atoms with E-state index in [0.29, 0.717) is 13.0 Å². The third-order valence-electron chi connectivity index (χ3n) is 12.2. The molecule has 0 saturated carbocycles. The van der Waals surface area contributed by atoms with Gasteiger partial charge in [-0.1, -0.05) is 251 Å². The van der Waals surface area contributed by atoms with Crippen molar-refractivity contribution in [3.8, 4) is 0 Å². The normalized spacial score (nSPS) is 13.3. The van der Waals surface area contributed by atoms with Gasteiger partial charge in [0.1, 0.15) is 6.10 Å². The molecule has 0 saturated heterocycles. The Morgan fingerprint density at radius 2 is 0.806 bits per heavy atom. The molecule has 8 nitrogen and oxygen atoms in total. The number of hydrogen-bond donors (Lipinski definition) is 2. The van der Waals surface area contributed by atoms with E-state index in [4.69, 9.17) is 24.3 Å². The summed E-state index contributed by atoms with van der Waals surface area (Å²) < 4.78 is 33.6. The third kappa shape index (κ3) is 50.2. The fourth-order valence-electron chi connectivity index (χ4n) is 8.17. The zero-order chi connectivity index (χ0) is 45.1. The van der Waals surface area contributed by atoms with Gasteiger partial charge in [0.15, 0.2) is 0 Å². The van der Waals surface area contributed by atoms with Crippen LogP contribution in [0.3, 0.4) is 0 Å². The number of carbonyl (C=O) groups excluding carboxylic acids is 1. The van der Waals surface area contributed by atoms with Gasteiger partial charge in [0.05, 0.1) is 19.8 Å². The molecular formula is C53H106NO7P. The molecular weight excluding hydrogens is 794 g/mol. The molecule has 9 heteroatoms. The molecule has 0 rings (SSSR count). The first-order chi connectivity index (χ1) is 30.4. The highest BCUT2D eigenvalue weighted by Crippen LogP contribution is 2.43. The van der Waals surface area contributed by atoms with Crippen LogP contribution in [-0.2, 0) is 27.9 Å². The summed E-state index contributed by atoms with van der Waals surface area (Å²) in [6, 6.07) is 0. The Morgan fingerprint density at radius 3 is 1.18 bits per heavy atom. The molecule has 0 radical (unpaired) electrons. The zero-order valence-electron chi connectivity index (χ0n) is 41.4. The van der Waals surface area contributed by atoms with Crippen molar-refractivity contribution < 1.29 is 32.8 Å². The minimum atomic E-state index is -4.28. The van der Waals surface area contributed by atoms with Crippen molar-refractivity contribution in [3.05, 3.63) is 12.2 Å². The highest BCUT2D eigenvalue weighted by Gasteiger charge is 2.25. The van der Waals surface area contributed by atoms with E-state index in [9.17, 15) is 14.3 Å². The molecule has 0 bridgehead atoms. The molecule has 0 fully saturated rings. The van der Waals surface area contributed by atoms with E-state index in [2.05, 4.69) is 26.0 Å². The Balaban J connectivity index is 3.87. The van der Waals surface area contributed by atoms with Gasteiger partial charge >= 0.3 is 13.8 Å². The number of ether oxygens (including phenoxy) is 2. The second-order valence-electron chi connectivity index (χ2n) is 18.5. The molecule has 0 aromatic rings. The molecule has 0 heterocycles. The van der Waals surface area contributed by atoms with Gasteiger partial charge in [-0.15, -0.1) is 0 Å². The molecule has 2 unspecified atom stereocenters. The maximum absolute atomic E-state index is 12.7. The first-order valence-corrected chi connectivity index (χ1v) is 28.7. The predicted molar refractivity (Wildman–Crippen MR) is 266 cm³/mol. The average molecular weight is 900 g/mol. The van der Waals surface area contributed by atoms with Crippen molar-refractivity contribution >= 4 is 13.8 Å². The number of esters is 1. The summed E-state index contributed by atoms with van der Waals surface area (Å²) in [6.07, 6.45) is 58.3. The maximum Gasteiger partial charge on any atom is 0.472 e. The molecule has 0 amide bonds. The fraction of sp³-hybridized carbons (Fsp3) is 0.943. The summed E-state index contributed by atoms with van der Waals surface area (Å²) in [5, 5.41) is 0. The molecule has 0 aliphatic heterocycles. The lowest BCUT2D eigenvalue weighted by Gasteiger charge is -2.20. The Labute approximate surface area is 385 Å². The number of phosphoric ester groups is 1. The predicted octanol–water partition coefficient (Wildman–Crippen LogP) is 17.0. The van der Waals surface area contributed by atoms with E-state index < -0.39 is 13.9 Å². The van der Waals surface area contributed by atoms with Crippen LogP contribution in [0.25, 0.3) is 0 Å². The van der Waals surface area contributed by atoms with Crippen LogP contribution >= 0.6 is 7.82 Å². The lowest BCUT2D eigenvalue weighted by molar-refractivity contribution is -0.154. The molecule has 62 heavy (non-hydrogen) atoms. The minimum Gasteiger partial charge on any atom is -0.457 e. The Kier molecular flexibility index (Phi) is 50.6. The van der Waals surface area contributed by atoms with Crippen molar-refractivity contribution in [2.75, 3.05) is 33.0 Å². The van der Waals surface area contributed by atoms with Crippen LogP contribution in [-0.4, -0.2) is 49.9 Å². The van der Waals surface area contributed by atoms with Crippen molar-refractivity contribution in [2.45, 2.75) is 290 Å². The lowest BCUT2D eigenvalue weighted by Crippen LogP contribution is -2.28. The summed E-state index contributed by atoms with van der Waals surface area (Å²) in [6.45, 7) is 5.00. The van der Waals surface area contributed by atoms with Gasteiger partial charge in [-0.3, -0.25) is 13.8 Å². The highest BCUT2D eigenvalue weighted by molar-refractivity contribution is 7.47. The van der Waals surface area contributed by atoms with Gasteiger partial charge in [0.25, 0.3) is 0 Å². The quantitative estimate of drug-likeness (QED) is 0.0268. The van der Waals surface area contributed by atoms with Crippen LogP contribution in [0.15, 0.2) is 12.2 Å². The first-order valence-electron chi connectivity index (χ1n) is 27.2. The standard InChI is InChI=1S/C53H106NO7P/c1-3-5-7-9-11-13-15-17-19-21-23-25-27-29-31-33-35-37-39-41-43-45-48-58-50-52(51-60-62(56,57)59-49-47-54)61-53(55)46-44-42-40-38-36-34-32-30-28-26-24-22-20-18-16-14-12-10-8-6-4-2/h22,24,52H,3-21,23,25-51,54H2,1-2H3,(H,56,57)/b24-22-. The second kappa shape index (κ2) is 51.2. The molecule has 2 atom stereocenters. The van der Waals surface area contributed by atoms with Crippen LogP contribution in [0, 0.1) is 0 Å². The molecule has 0 aromatic heterocycles. The van der Waals surface area contributed by atoms with Crippen molar-refractivity contribution in [3.63, 3.8) is 0 Å². The number of allylic oxidation sites excluding steroid dienone is 2. The van der Waals surface area contributed by atoms with E-state index in [1.165, 1.54) is 231 Å². The average Bonchev–Trinajstić information content (AvgIpc) is 3.26. The van der Waals surface area contributed by atoms with Crippen LogP contribution in [0.2, 0.25) is 0 Å². The summed E-state index contributed by atoms with van der Waals surface area (Å²) in [5.74, 6) is -0.325. The summed E-state index contributed by atoms with van der Waals surface area (Å²) >= 11 is 0. The van der Waals surface area contributed by atoms with Gasteiger partial charge in [-0.05, 0) is 38.5 Å². The Bertz CT molecular complexity index is 966. The fourth-order valence-corrected chi connectivity index (χ4v) is 8.94. The number of rotatable bonds is 53. The monoisotopic (exact) mass is 900 g/mol. The number of carbonyl (C=O) groups is 1. The van der Waals surface area contributed by atoms with Crippen LogP contribution in [0.4, 0.5) is 0 Å². The Hall–Kier alpha value is -0.760. The molecule has 0 aliphatic carbocycles. The van der Waals surface area contributed by atoms with Gasteiger partial charge in [0, 0.05) is 19.6 Å². The summed E-state index contributed by atoms with van der Waals surface area (Å²) in [7, 11) is -4.28. The van der Waals surface area contributed by atoms with Gasteiger partial charge in [0.2, 0.25) is 0 Å². The number of nitrogens with two attached hydrogens (primary N) is 1. The van der Waals surface area contributed by atoms with Crippen LogP contribution in [0.5, 0.6) is 0 Å². The zero-order valence-corrected chi connectivity index (χ0v) is 42.3. The molecule has 0 aromatic carbocycles. The van der Waals surface area contributed by atoms with E-state index in [1.807, 2.05) is 0 Å².